The van der Waals surface area contributed by atoms with Crippen molar-refractivity contribution in [3.63, 3.8) is 0 Å². The van der Waals surface area contributed by atoms with Crippen LogP contribution < -0.4 is 10.6 Å². The smallest absolute Gasteiger partial charge is 0.244 e. The highest BCUT2D eigenvalue weighted by Crippen LogP contribution is 2.09. The van der Waals surface area contributed by atoms with Crippen molar-refractivity contribution < 1.29 is 9.18 Å². The van der Waals surface area contributed by atoms with E-state index in [-0.39, 0.29) is 18.3 Å². The Morgan fingerprint density at radius 2 is 2.15 bits per heavy atom. The molecule has 2 rings (SSSR count). The van der Waals surface area contributed by atoms with Crippen LogP contribution in [0.25, 0.3) is 0 Å². The number of halogens is 1. The second-order valence-electron chi connectivity index (χ2n) is 4.47. The van der Waals surface area contributed by atoms with Gasteiger partial charge in [-0.3, -0.25) is 4.79 Å². The van der Waals surface area contributed by atoms with E-state index in [1.807, 2.05) is 29.8 Å². The molecular weight excluding hydrogens is 257 g/mol. The maximum Gasteiger partial charge on any atom is 0.244 e. The number of anilines is 1. The summed E-state index contributed by atoms with van der Waals surface area (Å²) in [6.07, 6.45) is 1.86. The summed E-state index contributed by atoms with van der Waals surface area (Å²) < 4.78 is 14.9. The van der Waals surface area contributed by atoms with Gasteiger partial charge in [-0.25, -0.2) is 4.39 Å². The molecule has 0 bridgehead atoms. The van der Waals surface area contributed by atoms with Gasteiger partial charge in [0.15, 0.2) is 0 Å². The molecule has 1 amide bonds. The van der Waals surface area contributed by atoms with Gasteiger partial charge in [0.25, 0.3) is 0 Å². The Morgan fingerprint density at radius 3 is 2.90 bits per heavy atom. The molecule has 1 heterocycles. The standard InChI is InChI=1S/C15H18FN3O/c1-2-17-10-14-7-4-8-19(14)11-15(20)18-13-6-3-5-12(16)9-13/h3-9,17H,2,10-11H2,1H3,(H,18,20). The van der Waals surface area contributed by atoms with Crippen LogP contribution in [0, 0.1) is 5.82 Å². The summed E-state index contributed by atoms with van der Waals surface area (Å²) in [5.74, 6) is -0.541. The van der Waals surface area contributed by atoms with Crippen LogP contribution in [0.4, 0.5) is 10.1 Å². The Hall–Kier alpha value is -2.14. The molecule has 0 spiro atoms. The highest BCUT2D eigenvalue weighted by atomic mass is 19.1. The van der Waals surface area contributed by atoms with E-state index in [1.165, 1.54) is 12.1 Å². The number of aromatic nitrogens is 1. The number of carbonyl (C=O) groups is 1. The Labute approximate surface area is 117 Å². The van der Waals surface area contributed by atoms with E-state index in [9.17, 15) is 9.18 Å². The summed E-state index contributed by atoms with van der Waals surface area (Å²) in [6.45, 7) is 3.84. The van der Waals surface area contributed by atoms with Gasteiger partial charge in [0.1, 0.15) is 12.4 Å². The van der Waals surface area contributed by atoms with Crippen LogP contribution in [0.15, 0.2) is 42.6 Å². The first kappa shape index (κ1) is 14.3. The molecule has 0 aliphatic rings. The number of nitrogens with zero attached hydrogens (tertiary/aromatic N) is 1. The minimum atomic E-state index is -0.364. The lowest BCUT2D eigenvalue weighted by atomic mass is 10.3. The van der Waals surface area contributed by atoms with Gasteiger partial charge in [0.05, 0.1) is 0 Å². The maximum atomic E-state index is 13.0. The molecule has 0 fully saturated rings. The van der Waals surface area contributed by atoms with Crippen molar-refractivity contribution in [3.8, 4) is 0 Å². The highest BCUT2D eigenvalue weighted by molar-refractivity contribution is 5.90. The average Bonchev–Trinajstić information content (AvgIpc) is 2.83. The van der Waals surface area contributed by atoms with Crippen LogP contribution in [0.2, 0.25) is 0 Å². The molecule has 0 saturated carbocycles. The zero-order valence-corrected chi connectivity index (χ0v) is 11.4. The van der Waals surface area contributed by atoms with E-state index in [2.05, 4.69) is 10.6 Å². The monoisotopic (exact) mass is 275 g/mol. The van der Waals surface area contributed by atoms with E-state index in [0.717, 1.165) is 18.8 Å². The summed E-state index contributed by atoms with van der Waals surface area (Å²) in [6, 6.07) is 9.75. The number of carbonyl (C=O) groups excluding carboxylic acids is 1. The number of hydrogen-bond donors (Lipinski definition) is 2. The van der Waals surface area contributed by atoms with Crippen molar-refractivity contribution in [1.29, 1.82) is 0 Å². The normalized spacial score (nSPS) is 10.5. The zero-order valence-electron chi connectivity index (χ0n) is 11.4. The lowest BCUT2D eigenvalue weighted by Crippen LogP contribution is -2.22. The van der Waals surface area contributed by atoms with Crippen LogP contribution >= 0.6 is 0 Å². The Morgan fingerprint density at radius 1 is 1.30 bits per heavy atom. The Balaban J connectivity index is 1.96. The summed E-state index contributed by atoms with van der Waals surface area (Å²) >= 11 is 0. The second-order valence-corrected chi connectivity index (χ2v) is 4.47. The van der Waals surface area contributed by atoms with Crippen LogP contribution in [0.1, 0.15) is 12.6 Å². The topological polar surface area (TPSA) is 46.1 Å². The summed E-state index contributed by atoms with van der Waals surface area (Å²) in [4.78, 5) is 11.9. The van der Waals surface area contributed by atoms with Gasteiger partial charge < -0.3 is 15.2 Å². The van der Waals surface area contributed by atoms with Crippen molar-refractivity contribution in [2.75, 3.05) is 11.9 Å². The SMILES string of the molecule is CCNCc1cccn1CC(=O)Nc1cccc(F)c1. The minimum absolute atomic E-state index is 0.176. The number of rotatable bonds is 6. The minimum Gasteiger partial charge on any atom is -0.341 e. The van der Waals surface area contributed by atoms with Gasteiger partial charge in [-0.15, -0.1) is 0 Å². The molecule has 1 aromatic heterocycles. The van der Waals surface area contributed by atoms with Crippen molar-refractivity contribution in [2.24, 2.45) is 0 Å². The highest BCUT2D eigenvalue weighted by Gasteiger charge is 2.07. The fourth-order valence-electron chi connectivity index (χ4n) is 1.94. The molecule has 0 unspecified atom stereocenters. The first-order valence-electron chi connectivity index (χ1n) is 6.59. The first-order valence-corrected chi connectivity index (χ1v) is 6.59. The largest absolute Gasteiger partial charge is 0.341 e. The fourth-order valence-corrected chi connectivity index (χ4v) is 1.94. The molecule has 106 valence electrons. The van der Waals surface area contributed by atoms with Crippen LogP contribution in [-0.4, -0.2) is 17.0 Å². The van der Waals surface area contributed by atoms with Gasteiger partial charge in [-0.2, -0.15) is 0 Å². The molecule has 0 aliphatic heterocycles. The third-order valence-corrected chi connectivity index (χ3v) is 2.90. The molecule has 0 aliphatic carbocycles. The van der Waals surface area contributed by atoms with Crippen LogP contribution in [0.3, 0.4) is 0 Å². The molecule has 2 N–H and O–H groups in total. The van der Waals surface area contributed by atoms with Crippen molar-refractivity contribution in [1.82, 2.24) is 9.88 Å². The third kappa shape index (κ3) is 3.93. The number of benzene rings is 1. The molecule has 2 aromatic rings. The zero-order chi connectivity index (χ0) is 14.4. The number of amides is 1. The summed E-state index contributed by atoms with van der Waals surface area (Å²) in [5, 5.41) is 5.90. The molecule has 20 heavy (non-hydrogen) atoms. The van der Waals surface area contributed by atoms with E-state index in [1.54, 1.807) is 12.1 Å². The molecule has 0 radical (unpaired) electrons. The van der Waals surface area contributed by atoms with Gasteiger partial charge in [-0.1, -0.05) is 13.0 Å². The molecule has 5 heteroatoms. The molecule has 0 saturated heterocycles. The van der Waals surface area contributed by atoms with E-state index < -0.39 is 0 Å². The number of nitrogens with one attached hydrogen (secondary N) is 2. The van der Waals surface area contributed by atoms with E-state index in [0.29, 0.717) is 5.69 Å². The van der Waals surface area contributed by atoms with Crippen molar-refractivity contribution >= 4 is 11.6 Å². The Bertz CT molecular complexity index is 580. The maximum absolute atomic E-state index is 13.0. The quantitative estimate of drug-likeness (QED) is 0.850. The molecule has 4 nitrogen and oxygen atoms in total. The van der Waals surface area contributed by atoms with Crippen molar-refractivity contribution in [2.45, 2.75) is 20.0 Å². The van der Waals surface area contributed by atoms with E-state index >= 15 is 0 Å². The molecular formula is C15H18FN3O. The van der Waals surface area contributed by atoms with Gasteiger partial charge >= 0.3 is 0 Å². The Kier molecular flexibility index (Phi) is 4.90. The molecule has 0 atom stereocenters. The fraction of sp³-hybridized carbons (Fsp3) is 0.267. The van der Waals surface area contributed by atoms with Crippen molar-refractivity contribution in [3.05, 3.63) is 54.1 Å². The predicted octanol–water partition coefficient (Wildman–Crippen LogP) is 2.38. The van der Waals surface area contributed by atoms with Crippen LogP contribution in [0.5, 0.6) is 0 Å². The average molecular weight is 275 g/mol. The van der Waals surface area contributed by atoms with Crippen LogP contribution in [-0.2, 0) is 17.9 Å². The number of hydrogen-bond acceptors (Lipinski definition) is 2. The third-order valence-electron chi connectivity index (χ3n) is 2.90. The predicted molar refractivity (Wildman–Crippen MR) is 76.8 cm³/mol. The van der Waals surface area contributed by atoms with Gasteiger partial charge in [0, 0.05) is 24.1 Å². The van der Waals surface area contributed by atoms with Gasteiger partial charge in [-0.05, 0) is 36.9 Å². The van der Waals surface area contributed by atoms with Gasteiger partial charge in [0.2, 0.25) is 5.91 Å². The summed E-state index contributed by atoms with van der Waals surface area (Å²) in [5.41, 5.74) is 1.51. The van der Waals surface area contributed by atoms with E-state index in [4.69, 9.17) is 0 Å². The lowest BCUT2D eigenvalue weighted by molar-refractivity contribution is -0.116. The second kappa shape index (κ2) is 6.86. The lowest BCUT2D eigenvalue weighted by Gasteiger charge is -2.10. The molecule has 1 aromatic carbocycles. The first-order chi connectivity index (χ1) is 9.69. The summed E-state index contributed by atoms with van der Waals surface area (Å²) in [7, 11) is 0.